The van der Waals surface area contributed by atoms with Crippen LogP contribution in [0.3, 0.4) is 0 Å². The molecule has 0 amide bonds. The van der Waals surface area contributed by atoms with Gasteiger partial charge in [0.2, 0.25) is 0 Å². The van der Waals surface area contributed by atoms with E-state index in [1.54, 1.807) is 0 Å². The summed E-state index contributed by atoms with van der Waals surface area (Å²) >= 11 is 0. The van der Waals surface area contributed by atoms with Crippen LogP contribution in [0, 0.1) is 44.8 Å². The molecule has 0 aromatic carbocycles. The summed E-state index contributed by atoms with van der Waals surface area (Å²) in [7, 11) is 0. The van der Waals surface area contributed by atoms with E-state index in [-0.39, 0.29) is 28.3 Å². The highest BCUT2D eigenvalue weighted by Crippen LogP contribution is 2.53. The summed E-state index contributed by atoms with van der Waals surface area (Å²) in [6.07, 6.45) is 4.66. The molecule has 2 fully saturated rings. The number of fused-ring (bicyclic) bond motifs is 2. The zero-order valence-corrected chi connectivity index (χ0v) is 17.5. The number of carbonyl (C=O) groups excluding carboxylic acids is 1. The van der Waals surface area contributed by atoms with Crippen LogP contribution in [0.4, 0.5) is 0 Å². The van der Waals surface area contributed by atoms with Crippen LogP contribution in [-0.2, 0) is 9.53 Å². The molecule has 2 aliphatic rings. The van der Waals surface area contributed by atoms with E-state index in [9.17, 15) is 10.1 Å². The van der Waals surface area contributed by atoms with Crippen LogP contribution in [0.1, 0.15) is 87.5 Å². The minimum absolute atomic E-state index is 0.00526. The van der Waals surface area contributed by atoms with Crippen molar-refractivity contribution in [1.82, 2.24) is 0 Å². The van der Waals surface area contributed by atoms with E-state index in [2.05, 4.69) is 61.5 Å². The fourth-order valence-corrected chi connectivity index (χ4v) is 5.09. The number of ether oxygens (including phenoxy) is 1. The first kappa shape index (κ1) is 20.3. The van der Waals surface area contributed by atoms with E-state index in [1.807, 2.05) is 0 Å². The van der Waals surface area contributed by atoms with Gasteiger partial charge in [0.05, 0.1) is 16.9 Å². The van der Waals surface area contributed by atoms with Crippen LogP contribution in [-0.4, -0.2) is 12.1 Å². The van der Waals surface area contributed by atoms with Gasteiger partial charge < -0.3 is 4.74 Å². The summed E-state index contributed by atoms with van der Waals surface area (Å²) in [5.41, 5.74) is -0.855. The van der Waals surface area contributed by atoms with Gasteiger partial charge in [0.1, 0.15) is 6.10 Å². The molecular weight excluding hydrogens is 310 g/mol. The van der Waals surface area contributed by atoms with Crippen LogP contribution < -0.4 is 0 Å². The van der Waals surface area contributed by atoms with E-state index < -0.39 is 5.41 Å². The second-order valence-corrected chi connectivity index (χ2v) is 11.4. The van der Waals surface area contributed by atoms with Gasteiger partial charge in [-0.1, -0.05) is 41.5 Å². The highest BCUT2D eigenvalue weighted by atomic mass is 16.5. The number of nitrogens with zero attached hydrogens (tertiary/aromatic N) is 1. The quantitative estimate of drug-likeness (QED) is 0.612. The van der Waals surface area contributed by atoms with E-state index >= 15 is 0 Å². The molecule has 5 atom stereocenters. The largest absolute Gasteiger partial charge is 0.462 e. The first-order valence-electron chi connectivity index (χ1n) is 9.81. The van der Waals surface area contributed by atoms with Crippen molar-refractivity contribution in [2.75, 3.05) is 0 Å². The highest BCUT2D eigenvalue weighted by Gasteiger charge is 2.52. The highest BCUT2D eigenvalue weighted by molar-refractivity contribution is 5.77. The Morgan fingerprint density at radius 3 is 2.20 bits per heavy atom. The molecule has 2 bridgehead atoms. The van der Waals surface area contributed by atoms with Crippen LogP contribution in [0.5, 0.6) is 0 Å². The topological polar surface area (TPSA) is 50.1 Å². The summed E-state index contributed by atoms with van der Waals surface area (Å²) in [4.78, 5) is 13.3. The molecule has 3 heteroatoms. The van der Waals surface area contributed by atoms with Gasteiger partial charge in [0.15, 0.2) is 0 Å². The lowest BCUT2D eigenvalue weighted by Gasteiger charge is -2.44. The van der Waals surface area contributed by atoms with Crippen LogP contribution in [0.2, 0.25) is 0 Å². The third kappa shape index (κ3) is 4.21. The van der Waals surface area contributed by atoms with Crippen LogP contribution in [0.15, 0.2) is 0 Å². The standard InChI is InChI=1S/C22H37NO2/c1-19(2,3)13-22(8,20(4,5)6)18(24)25-17-10-15-9-16(17)12-21(7,11-15)14-23/h15-17H,9-13H2,1-8H3. The molecule has 0 aromatic heterocycles. The Kier molecular flexibility index (Phi) is 5.10. The number of hydrogen-bond acceptors (Lipinski definition) is 3. The van der Waals surface area contributed by atoms with Crippen molar-refractivity contribution in [3.8, 4) is 6.07 Å². The number of carbonyl (C=O) groups is 1. The van der Waals surface area contributed by atoms with Gasteiger partial charge in [-0.2, -0.15) is 5.26 Å². The Morgan fingerprint density at radius 1 is 1.12 bits per heavy atom. The minimum atomic E-state index is -0.513. The first-order chi connectivity index (χ1) is 11.2. The molecule has 0 saturated heterocycles. The first-order valence-corrected chi connectivity index (χ1v) is 9.81. The predicted molar refractivity (Wildman–Crippen MR) is 101 cm³/mol. The second kappa shape index (κ2) is 6.29. The molecule has 0 aromatic rings. The molecule has 3 nitrogen and oxygen atoms in total. The van der Waals surface area contributed by atoms with Crippen molar-refractivity contribution in [2.45, 2.75) is 93.6 Å². The molecule has 0 spiro atoms. The Labute approximate surface area is 154 Å². The van der Waals surface area contributed by atoms with Crippen molar-refractivity contribution in [2.24, 2.45) is 33.5 Å². The van der Waals surface area contributed by atoms with E-state index in [1.165, 1.54) is 0 Å². The normalized spacial score (nSPS) is 34.9. The number of hydrogen-bond donors (Lipinski definition) is 0. The molecule has 0 radical (unpaired) electrons. The second-order valence-electron chi connectivity index (χ2n) is 11.4. The Bertz CT molecular complexity index is 562. The van der Waals surface area contributed by atoms with Gasteiger partial charge in [0, 0.05) is 0 Å². The van der Waals surface area contributed by atoms with Crippen LogP contribution >= 0.6 is 0 Å². The fraction of sp³-hybridized carbons (Fsp3) is 0.909. The Balaban J connectivity index is 2.16. The lowest BCUT2D eigenvalue weighted by Crippen LogP contribution is -2.45. The lowest BCUT2D eigenvalue weighted by molar-refractivity contribution is -0.172. The van der Waals surface area contributed by atoms with Crippen molar-refractivity contribution in [3.63, 3.8) is 0 Å². The molecule has 142 valence electrons. The van der Waals surface area contributed by atoms with Crippen molar-refractivity contribution in [1.29, 1.82) is 5.26 Å². The molecule has 5 unspecified atom stereocenters. The molecule has 0 aliphatic heterocycles. The maximum Gasteiger partial charge on any atom is 0.312 e. The van der Waals surface area contributed by atoms with Crippen LogP contribution in [0.25, 0.3) is 0 Å². The SMILES string of the molecule is CC(C)(C)CC(C)(C(=O)OC1CC2CC1CC(C)(C#N)C2)C(C)(C)C. The predicted octanol–water partition coefficient (Wildman–Crippen LogP) is 5.74. The van der Waals surface area contributed by atoms with Gasteiger partial charge in [-0.05, 0) is 68.6 Å². The molecule has 0 N–H and O–H groups in total. The van der Waals surface area contributed by atoms with E-state index in [4.69, 9.17) is 4.74 Å². The summed E-state index contributed by atoms with van der Waals surface area (Å²) in [6, 6.07) is 2.50. The van der Waals surface area contributed by atoms with Gasteiger partial charge in [-0.3, -0.25) is 4.79 Å². The maximum absolute atomic E-state index is 13.3. The average Bonchev–Trinajstić information content (AvgIpc) is 2.70. The van der Waals surface area contributed by atoms with Crippen molar-refractivity contribution >= 4 is 5.97 Å². The molecular formula is C22H37NO2. The summed E-state index contributed by atoms with van der Waals surface area (Å²) in [5.74, 6) is 0.835. The minimum Gasteiger partial charge on any atom is -0.462 e. The van der Waals surface area contributed by atoms with Gasteiger partial charge in [-0.15, -0.1) is 0 Å². The molecule has 2 saturated carbocycles. The van der Waals surface area contributed by atoms with Gasteiger partial charge in [-0.25, -0.2) is 0 Å². The van der Waals surface area contributed by atoms with Gasteiger partial charge in [0.25, 0.3) is 0 Å². The van der Waals surface area contributed by atoms with Crippen molar-refractivity contribution < 1.29 is 9.53 Å². The molecule has 25 heavy (non-hydrogen) atoms. The number of esters is 1. The summed E-state index contributed by atoms with van der Waals surface area (Å²) in [5, 5.41) is 9.49. The average molecular weight is 348 g/mol. The Morgan fingerprint density at radius 2 is 1.72 bits per heavy atom. The monoisotopic (exact) mass is 347 g/mol. The third-order valence-corrected chi connectivity index (χ3v) is 6.70. The summed E-state index contributed by atoms with van der Waals surface area (Å²) < 4.78 is 6.15. The van der Waals surface area contributed by atoms with Crippen molar-refractivity contribution in [3.05, 3.63) is 0 Å². The third-order valence-electron chi connectivity index (χ3n) is 6.70. The lowest BCUT2D eigenvalue weighted by atomic mass is 9.61. The Hall–Kier alpha value is -1.04. The molecule has 2 rings (SSSR count). The van der Waals surface area contributed by atoms with E-state index in [0.29, 0.717) is 11.8 Å². The fourth-order valence-electron chi connectivity index (χ4n) is 5.09. The number of nitriles is 1. The zero-order chi connectivity index (χ0) is 19.3. The van der Waals surface area contributed by atoms with Gasteiger partial charge >= 0.3 is 5.97 Å². The smallest absolute Gasteiger partial charge is 0.312 e. The van der Waals surface area contributed by atoms with E-state index in [0.717, 1.165) is 32.1 Å². The number of rotatable bonds is 3. The zero-order valence-electron chi connectivity index (χ0n) is 17.5. The summed E-state index contributed by atoms with van der Waals surface area (Å²) in [6.45, 7) is 17.1. The molecule has 2 aliphatic carbocycles. The maximum atomic E-state index is 13.3. The molecule has 0 heterocycles.